The first-order valence-electron chi connectivity index (χ1n) is 12.4. The van der Waals surface area contributed by atoms with Crippen LogP contribution in [0, 0.1) is 34.5 Å². The van der Waals surface area contributed by atoms with Gasteiger partial charge in [-0.25, -0.2) is 0 Å². The van der Waals surface area contributed by atoms with Crippen molar-refractivity contribution in [2.24, 2.45) is 34.5 Å². The number of aliphatic hydroxyl groups excluding tert-OH is 2. The zero-order valence-electron chi connectivity index (χ0n) is 18.8. The average molecular weight is 549 g/mol. The van der Waals surface area contributed by atoms with Crippen molar-refractivity contribution in [1.29, 1.82) is 0 Å². The van der Waals surface area contributed by atoms with E-state index < -0.39 is 0 Å². The molecule has 4 rings (SSSR count). The summed E-state index contributed by atoms with van der Waals surface area (Å²) in [7, 11) is 1.43. The van der Waals surface area contributed by atoms with E-state index in [0.29, 0.717) is 22.7 Å². The van der Waals surface area contributed by atoms with Crippen molar-refractivity contribution in [3.63, 3.8) is 0 Å². The molecule has 0 saturated heterocycles. The monoisotopic (exact) mass is 548 g/mol. The van der Waals surface area contributed by atoms with E-state index in [1.165, 1.54) is 54.2 Å². The molecule has 0 heterocycles. The third-order valence-electron chi connectivity index (χ3n) is 9.86. The molecule has 30 heavy (non-hydrogen) atoms. The first kappa shape index (κ1) is 23.8. The molecular weight excluding hydrogens is 507 g/mol. The topological polar surface area (TPSA) is 49.7 Å². The normalized spacial score (nSPS) is 45.4. The molecule has 4 aliphatic rings. The van der Waals surface area contributed by atoms with E-state index in [-0.39, 0.29) is 12.2 Å². The van der Waals surface area contributed by atoms with Crippen LogP contribution in [0.4, 0.5) is 0 Å². The number of aliphatic hydroxyl groups is 2. The Bertz CT molecular complexity index is 628. The smallest absolute Gasteiger partial charge is 0.0650 e. The van der Waals surface area contributed by atoms with Crippen LogP contribution in [0.25, 0.3) is 0 Å². The Kier molecular flexibility index (Phi) is 7.87. The molecule has 0 amide bonds. The van der Waals surface area contributed by atoms with E-state index in [9.17, 15) is 10.2 Å². The van der Waals surface area contributed by atoms with E-state index in [0.717, 1.165) is 50.5 Å². The molecular formula is C25H41IO3S. The Morgan fingerprint density at radius 3 is 2.70 bits per heavy atom. The van der Waals surface area contributed by atoms with Crippen molar-refractivity contribution < 1.29 is 14.4 Å². The number of hydrogen-bond donors (Lipinski definition) is 2. The maximum atomic E-state index is 11.1. The minimum atomic E-state index is -0.126. The SMILES string of the molecule is CC12CCC(O)CC1=CCC1C2CCC2(C)C(CCCCCCOSI)C(O)CC12. The van der Waals surface area contributed by atoms with E-state index >= 15 is 0 Å². The lowest BCUT2D eigenvalue weighted by Crippen LogP contribution is -2.50. The molecule has 0 spiro atoms. The molecule has 5 heteroatoms. The summed E-state index contributed by atoms with van der Waals surface area (Å²) in [6.07, 6.45) is 16.2. The van der Waals surface area contributed by atoms with E-state index in [4.69, 9.17) is 4.18 Å². The second kappa shape index (κ2) is 9.90. The fourth-order valence-corrected chi connectivity index (χ4v) is 8.91. The molecule has 0 aromatic rings. The van der Waals surface area contributed by atoms with Gasteiger partial charge in [-0.05, 0) is 92.3 Å². The van der Waals surface area contributed by atoms with Gasteiger partial charge in [-0.15, -0.1) is 0 Å². The van der Waals surface area contributed by atoms with Gasteiger partial charge in [-0.1, -0.05) is 44.8 Å². The number of hydrogen-bond acceptors (Lipinski definition) is 4. The van der Waals surface area contributed by atoms with Crippen molar-refractivity contribution in [3.05, 3.63) is 11.6 Å². The Balaban J connectivity index is 1.39. The van der Waals surface area contributed by atoms with Crippen molar-refractivity contribution in [2.45, 2.75) is 103 Å². The number of halogens is 1. The van der Waals surface area contributed by atoms with Crippen LogP contribution < -0.4 is 0 Å². The second-order valence-electron chi connectivity index (χ2n) is 11.2. The summed E-state index contributed by atoms with van der Waals surface area (Å²) in [5.41, 5.74) is 2.16. The molecule has 0 bridgehead atoms. The third kappa shape index (κ3) is 4.41. The fraction of sp³-hybridized carbons (Fsp3) is 0.920. The van der Waals surface area contributed by atoms with Gasteiger partial charge in [0.25, 0.3) is 0 Å². The van der Waals surface area contributed by atoms with Crippen molar-refractivity contribution in [1.82, 2.24) is 0 Å². The van der Waals surface area contributed by atoms with Crippen LogP contribution in [-0.4, -0.2) is 29.0 Å². The van der Waals surface area contributed by atoms with Crippen LogP contribution in [0.15, 0.2) is 11.6 Å². The lowest BCUT2D eigenvalue weighted by atomic mass is 9.47. The van der Waals surface area contributed by atoms with Gasteiger partial charge in [-0.2, -0.15) is 0 Å². The first-order valence-corrected chi connectivity index (χ1v) is 15.6. The highest BCUT2D eigenvalue weighted by atomic mass is 127. The van der Waals surface area contributed by atoms with E-state index in [2.05, 4.69) is 41.1 Å². The van der Waals surface area contributed by atoms with E-state index in [1.807, 2.05) is 0 Å². The minimum Gasteiger partial charge on any atom is -0.393 e. The van der Waals surface area contributed by atoms with Crippen molar-refractivity contribution in [2.75, 3.05) is 6.61 Å². The summed E-state index contributed by atoms with van der Waals surface area (Å²) in [5, 5.41) is 21.3. The van der Waals surface area contributed by atoms with Crippen LogP contribution >= 0.6 is 30.4 Å². The molecule has 3 nitrogen and oxygen atoms in total. The lowest BCUT2D eigenvalue weighted by Gasteiger charge is -2.58. The number of allylic oxidation sites excluding steroid dienone is 1. The number of rotatable bonds is 8. The second-order valence-corrected chi connectivity index (χ2v) is 12.6. The van der Waals surface area contributed by atoms with E-state index in [1.54, 1.807) is 5.57 Å². The molecule has 0 aromatic heterocycles. The predicted octanol–water partition coefficient (Wildman–Crippen LogP) is 6.86. The maximum absolute atomic E-state index is 11.1. The van der Waals surface area contributed by atoms with Gasteiger partial charge in [-0.3, -0.25) is 0 Å². The zero-order chi connectivity index (χ0) is 21.4. The fourth-order valence-electron chi connectivity index (χ4n) is 8.19. The van der Waals surface area contributed by atoms with Crippen LogP contribution in [-0.2, 0) is 4.18 Å². The van der Waals surface area contributed by atoms with Crippen LogP contribution in [0.2, 0.25) is 0 Å². The Labute approximate surface area is 200 Å². The largest absolute Gasteiger partial charge is 0.393 e. The summed E-state index contributed by atoms with van der Waals surface area (Å²) in [5.74, 6) is 2.64. The summed E-state index contributed by atoms with van der Waals surface area (Å²) in [4.78, 5) is 0. The summed E-state index contributed by atoms with van der Waals surface area (Å²) in [6.45, 7) is 5.87. The van der Waals surface area contributed by atoms with Gasteiger partial charge >= 0.3 is 0 Å². The number of unbranched alkanes of at least 4 members (excludes halogenated alkanes) is 3. The molecule has 172 valence electrons. The molecule has 8 atom stereocenters. The highest BCUT2D eigenvalue weighted by molar-refractivity contribution is 14.2. The van der Waals surface area contributed by atoms with Crippen molar-refractivity contribution in [3.8, 4) is 0 Å². The molecule has 8 unspecified atom stereocenters. The molecule has 3 fully saturated rings. The molecule has 4 aliphatic carbocycles. The van der Waals surface area contributed by atoms with Crippen LogP contribution in [0.1, 0.15) is 90.9 Å². The zero-order valence-corrected chi connectivity index (χ0v) is 21.8. The van der Waals surface area contributed by atoms with Gasteiger partial charge in [0.15, 0.2) is 0 Å². The van der Waals surface area contributed by atoms with Gasteiger partial charge < -0.3 is 14.4 Å². The standard InChI is InChI=1S/C25H41IO3S/c1-24-12-10-18(27)15-17(24)8-9-19-20(24)11-13-25(2)21(23(28)16-22(19)25)7-5-3-4-6-14-29-30-26/h8,18-23,27-28H,3-7,9-16H2,1-2H3. The summed E-state index contributed by atoms with van der Waals surface area (Å²) >= 11 is 2.18. The van der Waals surface area contributed by atoms with Gasteiger partial charge in [0.05, 0.1) is 28.0 Å². The van der Waals surface area contributed by atoms with Gasteiger partial charge in [0, 0.05) is 21.2 Å². The summed E-state index contributed by atoms with van der Waals surface area (Å²) < 4.78 is 5.36. The molecule has 0 radical (unpaired) electrons. The quantitative estimate of drug-likeness (QED) is 0.151. The average Bonchev–Trinajstić information content (AvgIpc) is 2.98. The molecule has 0 aliphatic heterocycles. The predicted molar refractivity (Wildman–Crippen MR) is 133 cm³/mol. The Hall–Kier alpha value is 0.700. The van der Waals surface area contributed by atoms with Crippen LogP contribution in [0.5, 0.6) is 0 Å². The highest BCUT2D eigenvalue weighted by Crippen LogP contribution is 2.66. The van der Waals surface area contributed by atoms with Gasteiger partial charge in [0.2, 0.25) is 0 Å². The van der Waals surface area contributed by atoms with Gasteiger partial charge in [0.1, 0.15) is 0 Å². The highest BCUT2D eigenvalue weighted by Gasteiger charge is 2.60. The third-order valence-corrected chi connectivity index (χ3v) is 10.9. The van der Waals surface area contributed by atoms with Crippen LogP contribution in [0.3, 0.4) is 0 Å². The summed E-state index contributed by atoms with van der Waals surface area (Å²) in [6, 6.07) is 0. The molecule has 0 aromatic carbocycles. The number of fused-ring (bicyclic) bond motifs is 5. The Morgan fingerprint density at radius 1 is 1.10 bits per heavy atom. The minimum absolute atomic E-state index is 0.108. The Morgan fingerprint density at radius 2 is 1.90 bits per heavy atom. The molecule has 3 saturated carbocycles. The molecule has 2 N–H and O–H groups in total. The first-order chi connectivity index (χ1) is 14.4. The van der Waals surface area contributed by atoms with Crippen molar-refractivity contribution >= 4 is 30.4 Å². The maximum Gasteiger partial charge on any atom is 0.0650 e. The lowest BCUT2D eigenvalue weighted by molar-refractivity contribution is -0.0532.